The van der Waals surface area contributed by atoms with E-state index in [1.165, 1.54) is 0 Å². The van der Waals surface area contributed by atoms with Gasteiger partial charge < -0.3 is 18.9 Å². The van der Waals surface area contributed by atoms with Crippen LogP contribution in [0.15, 0.2) is 12.1 Å². The number of morpholine rings is 1. The van der Waals surface area contributed by atoms with Crippen molar-refractivity contribution < 1.29 is 27.8 Å². The summed E-state index contributed by atoms with van der Waals surface area (Å²) in [6, 6.07) is -0.987. The quantitative estimate of drug-likeness (QED) is 0.781. The van der Waals surface area contributed by atoms with Crippen LogP contribution in [0.25, 0.3) is 0 Å². The monoisotopic (exact) mass is 305 g/mol. The fourth-order valence-electron chi connectivity index (χ4n) is 1.72. The van der Waals surface area contributed by atoms with Crippen LogP contribution in [-0.2, 0) is 14.0 Å². The lowest BCUT2D eigenvalue weighted by Crippen LogP contribution is -2.41. The normalized spacial score (nSPS) is 42.6. The zero-order valence-electron chi connectivity index (χ0n) is 21.7. The van der Waals surface area contributed by atoms with E-state index in [0.29, 0.717) is 11.3 Å². The molecule has 0 radical (unpaired) electrons. The minimum Gasteiger partial charge on any atom is -0.399 e. The Kier molecular flexibility index (Phi) is 1.68. The summed E-state index contributed by atoms with van der Waals surface area (Å²) in [7, 11) is -1.07. The maximum atomic E-state index is 8.29. The zero-order chi connectivity index (χ0) is 23.3. The van der Waals surface area contributed by atoms with Gasteiger partial charge in [0.1, 0.15) is 0 Å². The number of hydrogen-bond donors (Lipinski definition) is 0. The van der Waals surface area contributed by atoms with Crippen molar-refractivity contribution >= 4 is 28.2 Å². The van der Waals surface area contributed by atoms with E-state index in [4.69, 9.17) is 23.0 Å². The molecule has 2 fully saturated rings. The molecular weight excluding hydrogens is 273 g/mol. The Morgan fingerprint density at radius 3 is 2.40 bits per heavy atom. The molecule has 3 rings (SSSR count). The van der Waals surface area contributed by atoms with Gasteiger partial charge in [-0.05, 0) is 39.8 Å². The van der Waals surface area contributed by atoms with Gasteiger partial charge in [-0.15, -0.1) is 11.3 Å². The molecule has 2 aliphatic heterocycles. The summed E-state index contributed by atoms with van der Waals surface area (Å²) >= 11 is 0.629. The maximum absolute atomic E-state index is 8.29. The van der Waals surface area contributed by atoms with Crippen molar-refractivity contribution in [2.75, 3.05) is 31.0 Å². The van der Waals surface area contributed by atoms with Gasteiger partial charge in [0.25, 0.3) is 0 Å². The average molecular weight is 305 g/mol. The Balaban J connectivity index is 2.15. The summed E-state index contributed by atoms with van der Waals surface area (Å²) in [4.78, 5) is 0.212. The van der Waals surface area contributed by atoms with Crippen LogP contribution in [0.1, 0.15) is 41.4 Å². The minimum atomic E-state index is -3.24. The van der Waals surface area contributed by atoms with Gasteiger partial charge in [-0.25, -0.2) is 0 Å². The fourth-order valence-corrected chi connectivity index (χ4v) is 2.51. The standard InChI is InChI=1S/C14H22BNO3S/c1-13(2)14(3,4)19-15(18-13)11-5-6-12(20-11)16-7-9-17-10-8-16/h5-6H,7-10H2,1-4H3/i5D,6D,7D2,8D2,9D2,10D2. The second kappa shape index (κ2) is 5.02. The van der Waals surface area contributed by atoms with Gasteiger partial charge >= 0.3 is 7.12 Å². The molecule has 0 N–H and O–H groups in total. The van der Waals surface area contributed by atoms with E-state index in [2.05, 4.69) is 4.74 Å². The molecule has 0 aliphatic carbocycles. The molecule has 0 atom stereocenters. The first-order chi connectivity index (χ1) is 13.2. The molecule has 1 aromatic heterocycles. The van der Waals surface area contributed by atoms with Crippen LogP contribution in [0.5, 0.6) is 0 Å². The third-order valence-corrected chi connectivity index (χ3v) is 4.58. The number of anilines is 1. The van der Waals surface area contributed by atoms with Crippen LogP contribution in [0.4, 0.5) is 5.00 Å². The van der Waals surface area contributed by atoms with Gasteiger partial charge in [0.05, 0.1) is 43.0 Å². The van der Waals surface area contributed by atoms with Crippen LogP contribution >= 0.6 is 11.3 Å². The topological polar surface area (TPSA) is 30.9 Å². The Labute approximate surface area is 139 Å². The van der Waals surface area contributed by atoms with E-state index >= 15 is 0 Å². The highest BCUT2D eigenvalue weighted by Gasteiger charge is 2.52. The molecule has 0 spiro atoms. The van der Waals surface area contributed by atoms with E-state index in [9.17, 15) is 0 Å². The van der Waals surface area contributed by atoms with Gasteiger partial charge in [-0.2, -0.15) is 0 Å². The summed E-state index contributed by atoms with van der Waals surface area (Å²) in [5.41, 5.74) is -1.51. The van der Waals surface area contributed by atoms with Crippen molar-refractivity contribution in [3.63, 3.8) is 0 Å². The molecular formula is C14H22BNO3S. The molecule has 2 saturated heterocycles. The molecule has 0 saturated carbocycles. The first-order valence-electron chi connectivity index (χ1n) is 11.2. The second-order valence-corrected chi connectivity index (χ2v) is 6.51. The second-order valence-electron chi connectivity index (χ2n) is 5.47. The highest BCUT2D eigenvalue weighted by atomic mass is 32.1. The summed E-state index contributed by atoms with van der Waals surface area (Å²) in [6.07, 6.45) is 0. The SMILES string of the molecule is [2H]c1c(B2OC(C)(C)C(C)(C)O2)sc(N2C([2H])([2H])C([2H])([2H])OC([2H])([2H])C2([2H])[2H])c1[2H]. The average Bonchev–Trinajstić information content (AvgIpc) is 2.91. The molecule has 6 heteroatoms. The Morgan fingerprint density at radius 1 is 1.20 bits per heavy atom. The first kappa shape index (κ1) is 6.69. The van der Waals surface area contributed by atoms with Crippen LogP contribution in [0, 0.1) is 0 Å². The first-order valence-corrected chi connectivity index (χ1v) is 6.97. The van der Waals surface area contributed by atoms with Crippen LogP contribution in [-0.4, -0.2) is 44.4 Å². The molecule has 0 aromatic carbocycles. The molecule has 2 aliphatic rings. The largest absolute Gasteiger partial charge is 0.505 e. The van der Waals surface area contributed by atoms with Crippen molar-refractivity contribution in [3.8, 4) is 0 Å². The van der Waals surface area contributed by atoms with Crippen LogP contribution < -0.4 is 9.68 Å². The van der Waals surface area contributed by atoms with Crippen LogP contribution in [0.2, 0.25) is 0 Å². The van der Waals surface area contributed by atoms with Crippen molar-refractivity contribution in [2.24, 2.45) is 0 Å². The van der Waals surface area contributed by atoms with Gasteiger partial charge in [-0.3, -0.25) is 0 Å². The number of ether oxygens (including phenoxy) is 1. The number of hydrogen-bond acceptors (Lipinski definition) is 5. The molecule has 4 nitrogen and oxygen atoms in total. The molecule has 0 amide bonds. The van der Waals surface area contributed by atoms with E-state index in [0.717, 1.165) is 0 Å². The Bertz CT molecular complexity index is 832. The highest BCUT2D eigenvalue weighted by Crippen LogP contribution is 2.37. The molecule has 0 bridgehead atoms. The molecule has 110 valence electrons. The van der Waals surface area contributed by atoms with E-state index in [-0.39, 0.29) is 9.68 Å². The third-order valence-electron chi connectivity index (χ3n) is 3.59. The molecule has 3 heterocycles. The van der Waals surface area contributed by atoms with Crippen molar-refractivity contribution in [3.05, 3.63) is 12.1 Å². The molecule has 20 heavy (non-hydrogen) atoms. The van der Waals surface area contributed by atoms with E-state index in [1.807, 2.05) is 0 Å². The third kappa shape index (κ3) is 2.50. The molecule has 0 unspecified atom stereocenters. The zero-order valence-corrected chi connectivity index (χ0v) is 12.5. The van der Waals surface area contributed by atoms with Gasteiger partial charge in [-0.1, -0.05) is 0 Å². The van der Waals surface area contributed by atoms with E-state index in [1.54, 1.807) is 27.7 Å². The summed E-state index contributed by atoms with van der Waals surface area (Å²) in [6.45, 7) is -5.73. The van der Waals surface area contributed by atoms with Crippen molar-refractivity contribution in [1.82, 2.24) is 0 Å². The number of rotatable bonds is 2. The predicted molar refractivity (Wildman–Crippen MR) is 83.1 cm³/mol. The fraction of sp³-hybridized carbons (Fsp3) is 0.714. The Hall–Kier alpha value is -0.555. The van der Waals surface area contributed by atoms with Crippen molar-refractivity contribution in [2.45, 2.75) is 38.9 Å². The highest BCUT2D eigenvalue weighted by molar-refractivity contribution is 7.25. The summed E-state index contributed by atoms with van der Waals surface area (Å²) < 4.78 is 96.8. The van der Waals surface area contributed by atoms with Crippen molar-refractivity contribution in [1.29, 1.82) is 0 Å². The number of nitrogens with zero attached hydrogens (tertiary/aromatic N) is 1. The number of thiophene rings is 1. The summed E-state index contributed by atoms with van der Waals surface area (Å²) in [5.74, 6) is 0. The smallest absolute Gasteiger partial charge is 0.399 e. The van der Waals surface area contributed by atoms with Crippen LogP contribution in [0.3, 0.4) is 0 Å². The maximum Gasteiger partial charge on any atom is 0.505 e. The molecule has 1 aromatic rings. The lowest BCUT2D eigenvalue weighted by molar-refractivity contribution is 0.00578. The van der Waals surface area contributed by atoms with E-state index < -0.39 is 61.5 Å². The lowest BCUT2D eigenvalue weighted by Gasteiger charge is -2.32. The van der Waals surface area contributed by atoms with Gasteiger partial charge in [0.2, 0.25) is 0 Å². The summed E-state index contributed by atoms with van der Waals surface area (Å²) in [5, 5.41) is -0.462. The predicted octanol–water partition coefficient (Wildman–Crippen LogP) is 1.88. The lowest BCUT2D eigenvalue weighted by atomic mass is 9.88. The van der Waals surface area contributed by atoms with Gasteiger partial charge in [0, 0.05) is 17.8 Å². The minimum absolute atomic E-state index is 0.0767. The van der Waals surface area contributed by atoms with Gasteiger partial charge in [0.15, 0.2) is 0 Å². The Morgan fingerprint density at radius 2 is 1.80 bits per heavy atom.